The topological polar surface area (TPSA) is 88.2 Å². The highest BCUT2D eigenvalue weighted by Gasteiger charge is 2.18. The molecule has 0 saturated carbocycles. The van der Waals surface area contributed by atoms with Gasteiger partial charge in [0.05, 0.1) is 36.6 Å². The Labute approximate surface area is 288 Å². The third kappa shape index (κ3) is 6.07. The molecule has 0 atom stereocenters. The van der Waals surface area contributed by atoms with Crippen LogP contribution in [0.15, 0.2) is 134 Å². The van der Waals surface area contributed by atoms with E-state index in [9.17, 15) is 9.59 Å². The predicted octanol–water partition coefficient (Wildman–Crippen LogP) is 8.58. The summed E-state index contributed by atoms with van der Waals surface area (Å²) < 4.78 is 15.6. The van der Waals surface area contributed by atoms with E-state index < -0.39 is 11.9 Å². The molecule has 0 aliphatic carbocycles. The number of fused-ring (bicyclic) bond motifs is 6. The van der Waals surface area contributed by atoms with Gasteiger partial charge in [-0.05, 0) is 48.2 Å². The van der Waals surface area contributed by atoms with Crippen LogP contribution in [-0.2, 0) is 22.6 Å². The summed E-state index contributed by atoms with van der Waals surface area (Å²) in [6.45, 7) is 1.78. The van der Waals surface area contributed by atoms with Crippen LogP contribution in [0, 0.1) is 0 Å². The zero-order valence-electron chi connectivity index (χ0n) is 27.4. The van der Waals surface area contributed by atoms with E-state index in [1.54, 1.807) is 12.4 Å². The van der Waals surface area contributed by atoms with Crippen LogP contribution in [0.5, 0.6) is 0 Å². The molecule has 8 nitrogen and oxygen atoms in total. The minimum atomic E-state index is -0.479. The van der Waals surface area contributed by atoms with E-state index in [1.807, 2.05) is 72.8 Å². The smallest absolute Gasteiger partial charge is 0.356 e. The fraction of sp³-hybridized carbons (Fsp3) is 0.143. The first kappa shape index (κ1) is 31.0. The number of ether oxygens (including phenoxy) is 2. The van der Waals surface area contributed by atoms with Crippen LogP contribution in [0.25, 0.3) is 43.6 Å². The van der Waals surface area contributed by atoms with Crippen LogP contribution in [0.3, 0.4) is 0 Å². The summed E-state index contributed by atoms with van der Waals surface area (Å²) >= 11 is 0. The summed E-state index contributed by atoms with van der Waals surface area (Å²) in [6, 6.07) is 40.5. The van der Waals surface area contributed by atoms with E-state index in [1.165, 1.54) is 11.1 Å². The molecule has 0 amide bonds. The molecule has 0 radical (unpaired) electrons. The van der Waals surface area contributed by atoms with Gasteiger partial charge in [0.25, 0.3) is 0 Å². The Morgan fingerprint density at radius 1 is 0.480 bits per heavy atom. The molecule has 246 valence electrons. The maximum atomic E-state index is 13.0. The van der Waals surface area contributed by atoms with E-state index in [4.69, 9.17) is 9.47 Å². The lowest BCUT2D eigenvalue weighted by atomic mass is 10.1. The maximum Gasteiger partial charge on any atom is 0.356 e. The molecule has 8 aromatic rings. The number of carbonyl (C=O) groups is 2. The van der Waals surface area contributed by atoms with Crippen molar-refractivity contribution in [1.29, 1.82) is 0 Å². The summed E-state index contributed by atoms with van der Waals surface area (Å²) in [7, 11) is 0. The van der Waals surface area contributed by atoms with Crippen molar-refractivity contribution in [1.82, 2.24) is 19.1 Å². The second-order valence-corrected chi connectivity index (χ2v) is 12.3. The SMILES string of the molecule is O=C(OCCCCOC(=O)c1cc2c3ccccc3n(Cc3ccccc3)c2cn1)c1cc2c3ccccc3n(Cc3ccccc3)c2cn1. The fourth-order valence-corrected chi connectivity index (χ4v) is 6.67. The van der Waals surface area contributed by atoms with Crippen LogP contribution in [0.1, 0.15) is 44.9 Å². The molecule has 8 heteroatoms. The third-order valence-electron chi connectivity index (χ3n) is 9.11. The number of hydrogen-bond donors (Lipinski definition) is 0. The number of carbonyl (C=O) groups excluding carboxylic acids is 2. The molecule has 0 fully saturated rings. The lowest BCUT2D eigenvalue weighted by Crippen LogP contribution is -2.11. The van der Waals surface area contributed by atoms with Crippen molar-refractivity contribution in [3.63, 3.8) is 0 Å². The number of hydrogen-bond acceptors (Lipinski definition) is 6. The van der Waals surface area contributed by atoms with Gasteiger partial charge in [0.15, 0.2) is 0 Å². The Morgan fingerprint density at radius 3 is 1.32 bits per heavy atom. The number of esters is 2. The molecule has 4 aromatic heterocycles. The molecule has 0 aliphatic heterocycles. The van der Waals surface area contributed by atoms with Gasteiger partial charge < -0.3 is 18.6 Å². The van der Waals surface area contributed by atoms with Gasteiger partial charge in [-0.3, -0.25) is 0 Å². The van der Waals surface area contributed by atoms with Crippen LogP contribution in [0.4, 0.5) is 0 Å². The highest BCUT2D eigenvalue weighted by molar-refractivity contribution is 6.10. The Morgan fingerprint density at radius 2 is 0.880 bits per heavy atom. The predicted molar refractivity (Wildman–Crippen MR) is 195 cm³/mol. The highest BCUT2D eigenvalue weighted by atomic mass is 16.5. The van der Waals surface area contributed by atoms with Crippen molar-refractivity contribution in [2.24, 2.45) is 0 Å². The lowest BCUT2D eigenvalue weighted by Gasteiger charge is -2.08. The van der Waals surface area contributed by atoms with E-state index in [0.29, 0.717) is 25.9 Å². The summed E-state index contributed by atoms with van der Waals surface area (Å²) in [5, 5.41) is 4.03. The van der Waals surface area contributed by atoms with Gasteiger partial charge in [0.2, 0.25) is 0 Å². The average molecular weight is 659 g/mol. The molecule has 50 heavy (non-hydrogen) atoms. The number of benzene rings is 4. The molecule has 0 unspecified atom stereocenters. The number of unbranched alkanes of at least 4 members (excludes halogenated alkanes) is 1. The van der Waals surface area contributed by atoms with Gasteiger partial charge in [-0.1, -0.05) is 97.1 Å². The summed E-state index contributed by atoms with van der Waals surface area (Å²) in [5.41, 5.74) is 6.97. The number of rotatable bonds is 11. The Balaban J connectivity index is 0.879. The van der Waals surface area contributed by atoms with Gasteiger partial charge in [-0.25, -0.2) is 19.6 Å². The largest absolute Gasteiger partial charge is 0.461 e. The van der Waals surface area contributed by atoms with Crippen molar-refractivity contribution < 1.29 is 19.1 Å². The maximum absolute atomic E-state index is 13.0. The quantitative estimate of drug-likeness (QED) is 0.102. The number of nitrogens with zero attached hydrogens (tertiary/aromatic N) is 4. The normalized spacial score (nSPS) is 11.4. The second kappa shape index (κ2) is 13.7. The van der Waals surface area contributed by atoms with Gasteiger partial charge in [0, 0.05) is 45.7 Å². The molecule has 0 N–H and O–H groups in total. The fourth-order valence-electron chi connectivity index (χ4n) is 6.67. The van der Waals surface area contributed by atoms with Gasteiger partial charge >= 0.3 is 11.9 Å². The summed E-state index contributed by atoms with van der Waals surface area (Å²) in [5.74, 6) is -0.958. The minimum absolute atomic E-state index is 0.191. The zero-order valence-corrected chi connectivity index (χ0v) is 27.4. The van der Waals surface area contributed by atoms with Crippen LogP contribution in [-0.4, -0.2) is 44.3 Å². The molecule has 4 heterocycles. The molecule has 8 rings (SSSR count). The Bertz CT molecular complexity index is 2310. The molecule has 0 saturated heterocycles. The van der Waals surface area contributed by atoms with Gasteiger partial charge in [-0.2, -0.15) is 0 Å². The van der Waals surface area contributed by atoms with Crippen molar-refractivity contribution in [3.05, 3.63) is 156 Å². The summed E-state index contributed by atoms with van der Waals surface area (Å²) in [4.78, 5) is 34.9. The Hall–Kier alpha value is -6.28. The summed E-state index contributed by atoms with van der Waals surface area (Å²) in [6.07, 6.45) is 4.58. The second-order valence-electron chi connectivity index (χ2n) is 12.3. The standard InChI is InChI=1S/C42H34N4O4/c47-41(35-23-33-31-17-7-9-19-37(31)45(39(33)25-43-35)27-29-13-3-1-4-14-29)49-21-11-12-22-50-42(48)36-24-34-32-18-8-10-20-38(32)46(40(34)26-44-36)28-30-15-5-2-6-16-30/h1-10,13-20,23-26H,11-12,21-22,27-28H2. The van der Waals surface area contributed by atoms with Crippen molar-refractivity contribution in [2.45, 2.75) is 25.9 Å². The van der Waals surface area contributed by atoms with Crippen molar-refractivity contribution >= 4 is 55.6 Å². The molecule has 0 spiro atoms. The first-order chi connectivity index (χ1) is 24.6. The monoisotopic (exact) mass is 658 g/mol. The molecule has 0 aliphatic rings. The van der Waals surface area contributed by atoms with E-state index >= 15 is 0 Å². The highest BCUT2D eigenvalue weighted by Crippen LogP contribution is 2.31. The van der Waals surface area contributed by atoms with Crippen LogP contribution < -0.4 is 0 Å². The zero-order chi connectivity index (χ0) is 33.9. The first-order valence-electron chi connectivity index (χ1n) is 16.8. The van der Waals surface area contributed by atoms with E-state index in [2.05, 4.69) is 67.6 Å². The number of pyridine rings is 2. The number of para-hydroxylation sites is 2. The van der Waals surface area contributed by atoms with Gasteiger partial charge in [0.1, 0.15) is 11.4 Å². The van der Waals surface area contributed by atoms with Crippen molar-refractivity contribution in [3.8, 4) is 0 Å². The third-order valence-corrected chi connectivity index (χ3v) is 9.11. The molecular formula is C42H34N4O4. The van der Waals surface area contributed by atoms with Crippen LogP contribution >= 0.6 is 0 Å². The average Bonchev–Trinajstić information content (AvgIpc) is 3.65. The lowest BCUT2D eigenvalue weighted by molar-refractivity contribution is 0.0426. The first-order valence-corrected chi connectivity index (χ1v) is 16.8. The van der Waals surface area contributed by atoms with Gasteiger partial charge in [-0.15, -0.1) is 0 Å². The van der Waals surface area contributed by atoms with E-state index in [0.717, 1.165) is 43.6 Å². The van der Waals surface area contributed by atoms with Crippen molar-refractivity contribution in [2.75, 3.05) is 13.2 Å². The van der Waals surface area contributed by atoms with E-state index in [-0.39, 0.29) is 24.6 Å². The molecule has 0 bridgehead atoms. The Kier molecular flexibility index (Phi) is 8.49. The molecular weight excluding hydrogens is 624 g/mol. The van der Waals surface area contributed by atoms with Crippen LogP contribution in [0.2, 0.25) is 0 Å². The molecule has 4 aromatic carbocycles. The minimum Gasteiger partial charge on any atom is -0.461 e. The number of aromatic nitrogens is 4.